The summed E-state index contributed by atoms with van der Waals surface area (Å²) >= 11 is 0. The van der Waals surface area contributed by atoms with E-state index >= 15 is 0 Å². The second-order valence-corrected chi connectivity index (χ2v) is 5.31. The summed E-state index contributed by atoms with van der Waals surface area (Å²) in [6.45, 7) is 0.794. The standard InChI is InChI=1S/C13H25N3O2/c1-16(2)12(17)9-15-13(18)11-5-3-4-10(8-11)6-7-14/h10-11H,3-9,14H2,1-2H3,(H,15,18). The van der Waals surface area contributed by atoms with E-state index in [4.69, 9.17) is 5.73 Å². The number of hydrogen-bond acceptors (Lipinski definition) is 3. The molecule has 0 aliphatic heterocycles. The van der Waals surface area contributed by atoms with Gasteiger partial charge in [0.15, 0.2) is 0 Å². The molecule has 2 atom stereocenters. The molecule has 5 nitrogen and oxygen atoms in total. The van der Waals surface area contributed by atoms with Crippen molar-refractivity contribution in [2.24, 2.45) is 17.6 Å². The van der Waals surface area contributed by atoms with Crippen LogP contribution in [0.2, 0.25) is 0 Å². The zero-order valence-electron chi connectivity index (χ0n) is 11.4. The van der Waals surface area contributed by atoms with Gasteiger partial charge in [0.1, 0.15) is 0 Å². The monoisotopic (exact) mass is 255 g/mol. The molecule has 0 radical (unpaired) electrons. The normalized spacial score (nSPS) is 23.5. The molecule has 0 aromatic heterocycles. The van der Waals surface area contributed by atoms with Gasteiger partial charge in [-0.05, 0) is 31.7 Å². The van der Waals surface area contributed by atoms with Gasteiger partial charge in [-0.15, -0.1) is 0 Å². The van der Waals surface area contributed by atoms with Crippen molar-refractivity contribution < 1.29 is 9.59 Å². The van der Waals surface area contributed by atoms with E-state index in [1.807, 2.05) is 0 Å². The van der Waals surface area contributed by atoms with Gasteiger partial charge in [-0.3, -0.25) is 9.59 Å². The number of amides is 2. The van der Waals surface area contributed by atoms with Crippen molar-refractivity contribution >= 4 is 11.8 Å². The quantitative estimate of drug-likeness (QED) is 0.744. The van der Waals surface area contributed by atoms with Crippen LogP contribution < -0.4 is 11.1 Å². The first-order valence-corrected chi connectivity index (χ1v) is 6.72. The number of nitrogens with two attached hydrogens (primary N) is 1. The Morgan fingerprint density at radius 1 is 1.33 bits per heavy atom. The van der Waals surface area contributed by atoms with Gasteiger partial charge >= 0.3 is 0 Å². The predicted molar refractivity (Wildman–Crippen MR) is 70.8 cm³/mol. The van der Waals surface area contributed by atoms with Crippen LogP contribution in [0.5, 0.6) is 0 Å². The molecule has 1 aliphatic carbocycles. The van der Waals surface area contributed by atoms with E-state index in [1.165, 1.54) is 11.3 Å². The van der Waals surface area contributed by atoms with Crippen LogP contribution in [0.4, 0.5) is 0 Å². The molecule has 2 unspecified atom stereocenters. The highest BCUT2D eigenvalue weighted by Crippen LogP contribution is 2.30. The van der Waals surface area contributed by atoms with Gasteiger partial charge in [-0.2, -0.15) is 0 Å². The first kappa shape index (κ1) is 15.0. The van der Waals surface area contributed by atoms with Crippen molar-refractivity contribution in [1.29, 1.82) is 0 Å². The third-order valence-electron chi connectivity index (χ3n) is 3.64. The summed E-state index contributed by atoms with van der Waals surface area (Å²) in [5.74, 6) is 0.582. The minimum atomic E-state index is -0.0716. The lowest BCUT2D eigenvalue weighted by Crippen LogP contribution is -2.40. The van der Waals surface area contributed by atoms with Crippen LogP contribution in [0.15, 0.2) is 0 Å². The molecule has 104 valence electrons. The Morgan fingerprint density at radius 2 is 2.06 bits per heavy atom. The maximum absolute atomic E-state index is 12.0. The summed E-state index contributed by atoms with van der Waals surface area (Å²) in [6, 6.07) is 0. The van der Waals surface area contributed by atoms with Gasteiger partial charge in [-0.1, -0.05) is 12.8 Å². The maximum atomic E-state index is 12.0. The fourth-order valence-corrected chi connectivity index (χ4v) is 2.49. The molecule has 1 rings (SSSR count). The van der Waals surface area contributed by atoms with Crippen LogP contribution in [0.3, 0.4) is 0 Å². The molecule has 3 N–H and O–H groups in total. The highest BCUT2D eigenvalue weighted by Gasteiger charge is 2.26. The molecular weight excluding hydrogens is 230 g/mol. The maximum Gasteiger partial charge on any atom is 0.241 e. The Kier molecular flexibility index (Phi) is 6.12. The number of nitrogens with one attached hydrogen (secondary N) is 1. The highest BCUT2D eigenvalue weighted by molar-refractivity contribution is 5.85. The molecule has 0 saturated heterocycles. The summed E-state index contributed by atoms with van der Waals surface area (Å²) in [6.07, 6.45) is 5.12. The minimum Gasteiger partial charge on any atom is -0.347 e. The van der Waals surface area contributed by atoms with E-state index < -0.39 is 0 Å². The van der Waals surface area contributed by atoms with Crippen molar-refractivity contribution in [3.63, 3.8) is 0 Å². The van der Waals surface area contributed by atoms with Crippen LogP contribution >= 0.6 is 0 Å². The Morgan fingerprint density at radius 3 is 2.67 bits per heavy atom. The summed E-state index contributed by atoms with van der Waals surface area (Å²) in [5.41, 5.74) is 5.56. The van der Waals surface area contributed by atoms with E-state index in [-0.39, 0.29) is 24.3 Å². The lowest BCUT2D eigenvalue weighted by Gasteiger charge is -2.28. The molecule has 1 fully saturated rings. The van der Waals surface area contributed by atoms with Crippen LogP contribution in [0.25, 0.3) is 0 Å². The molecule has 0 aromatic carbocycles. The fourth-order valence-electron chi connectivity index (χ4n) is 2.49. The molecule has 1 aliphatic rings. The zero-order valence-corrected chi connectivity index (χ0v) is 11.4. The Labute approximate surface area is 109 Å². The molecule has 18 heavy (non-hydrogen) atoms. The minimum absolute atomic E-state index is 0.0203. The fraction of sp³-hybridized carbons (Fsp3) is 0.846. The lowest BCUT2D eigenvalue weighted by molar-refractivity contribution is -0.132. The topological polar surface area (TPSA) is 75.4 Å². The van der Waals surface area contributed by atoms with Crippen molar-refractivity contribution in [3.05, 3.63) is 0 Å². The van der Waals surface area contributed by atoms with Crippen LogP contribution in [-0.2, 0) is 9.59 Å². The van der Waals surface area contributed by atoms with Crippen molar-refractivity contribution in [1.82, 2.24) is 10.2 Å². The molecular formula is C13H25N3O2. The summed E-state index contributed by atoms with van der Waals surface area (Å²) in [5, 5.41) is 2.73. The molecule has 0 bridgehead atoms. The van der Waals surface area contributed by atoms with Crippen LogP contribution in [0.1, 0.15) is 32.1 Å². The van der Waals surface area contributed by atoms with Gasteiger partial charge < -0.3 is 16.0 Å². The second-order valence-electron chi connectivity index (χ2n) is 5.31. The SMILES string of the molecule is CN(C)C(=O)CNC(=O)C1CCCC(CCN)C1. The molecule has 0 aromatic rings. The smallest absolute Gasteiger partial charge is 0.241 e. The number of hydrogen-bond donors (Lipinski definition) is 2. The average molecular weight is 255 g/mol. The van der Waals surface area contributed by atoms with E-state index in [9.17, 15) is 9.59 Å². The lowest BCUT2D eigenvalue weighted by atomic mass is 9.79. The van der Waals surface area contributed by atoms with Crippen molar-refractivity contribution in [2.75, 3.05) is 27.2 Å². The second kappa shape index (κ2) is 7.36. The Balaban J connectivity index is 2.34. The summed E-state index contributed by atoms with van der Waals surface area (Å²) < 4.78 is 0. The number of carbonyl (C=O) groups excluding carboxylic acids is 2. The number of carbonyl (C=O) groups is 2. The number of rotatable bonds is 5. The van der Waals surface area contributed by atoms with Gasteiger partial charge in [0, 0.05) is 20.0 Å². The third-order valence-corrected chi connectivity index (χ3v) is 3.64. The van der Waals surface area contributed by atoms with Gasteiger partial charge in [-0.25, -0.2) is 0 Å². The van der Waals surface area contributed by atoms with Crippen LogP contribution in [-0.4, -0.2) is 43.9 Å². The number of likely N-dealkylation sites (N-methyl/N-ethyl adjacent to an activating group) is 1. The highest BCUT2D eigenvalue weighted by atomic mass is 16.2. The molecule has 1 saturated carbocycles. The van der Waals surface area contributed by atoms with E-state index in [2.05, 4.69) is 5.32 Å². The van der Waals surface area contributed by atoms with E-state index in [0.717, 1.165) is 25.7 Å². The molecule has 2 amide bonds. The summed E-state index contributed by atoms with van der Waals surface area (Å²) in [7, 11) is 3.37. The number of nitrogens with zero attached hydrogens (tertiary/aromatic N) is 1. The first-order valence-electron chi connectivity index (χ1n) is 6.72. The van der Waals surface area contributed by atoms with Gasteiger partial charge in [0.2, 0.25) is 11.8 Å². The Hall–Kier alpha value is -1.10. The predicted octanol–water partition coefficient (Wildman–Crippen LogP) is 0.346. The van der Waals surface area contributed by atoms with Crippen molar-refractivity contribution in [2.45, 2.75) is 32.1 Å². The van der Waals surface area contributed by atoms with E-state index in [0.29, 0.717) is 12.5 Å². The molecule has 5 heteroatoms. The van der Waals surface area contributed by atoms with Gasteiger partial charge in [0.25, 0.3) is 0 Å². The van der Waals surface area contributed by atoms with Crippen LogP contribution in [0, 0.1) is 11.8 Å². The summed E-state index contributed by atoms with van der Waals surface area (Å²) in [4.78, 5) is 24.8. The van der Waals surface area contributed by atoms with Crippen molar-refractivity contribution in [3.8, 4) is 0 Å². The third kappa shape index (κ3) is 4.64. The van der Waals surface area contributed by atoms with Gasteiger partial charge in [0.05, 0.1) is 6.54 Å². The Bertz CT molecular complexity index is 290. The average Bonchev–Trinajstić information content (AvgIpc) is 2.36. The largest absolute Gasteiger partial charge is 0.347 e. The first-order chi connectivity index (χ1) is 8.54. The zero-order chi connectivity index (χ0) is 13.5. The van der Waals surface area contributed by atoms with E-state index in [1.54, 1.807) is 14.1 Å². The molecule has 0 heterocycles. The molecule has 0 spiro atoms.